The molecule has 1 aromatic rings. The third-order valence-electron chi connectivity index (χ3n) is 4.74. The first-order chi connectivity index (χ1) is 12.3. The lowest BCUT2D eigenvalue weighted by molar-refractivity contribution is -0.862. The average Bonchev–Trinajstić information content (AvgIpc) is 2.58. The Balaban J connectivity index is 1.81. The summed E-state index contributed by atoms with van der Waals surface area (Å²) in [7, 11) is 1.84. The molecule has 0 spiro atoms. The van der Waals surface area contributed by atoms with Crippen LogP contribution in [0.4, 0.5) is 5.69 Å². The van der Waals surface area contributed by atoms with E-state index in [0.29, 0.717) is 26.2 Å². The largest absolute Gasteiger partial charge is 0.339 e. The number of carbonyl (C=O) groups excluding carboxylic acids is 3. The Morgan fingerprint density at radius 3 is 2.08 bits per heavy atom. The molecule has 1 aliphatic heterocycles. The van der Waals surface area contributed by atoms with Crippen LogP contribution in [-0.2, 0) is 14.4 Å². The van der Waals surface area contributed by atoms with E-state index >= 15 is 0 Å². The average molecular weight is 361 g/mol. The van der Waals surface area contributed by atoms with Crippen LogP contribution < -0.4 is 10.2 Å². The minimum Gasteiger partial charge on any atom is -0.339 e. The molecule has 142 valence electrons. The van der Waals surface area contributed by atoms with Crippen LogP contribution in [0.2, 0.25) is 0 Å². The van der Waals surface area contributed by atoms with Crippen LogP contribution >= 0.6 is 0 Å². The van der Waals surface area contributed by atoms with Crippen molar-refractivity contribution in [2.24, 2.45) is 0 Å². The Kier molecular flexibility index (Phi) is 6.74. The maximum Gasteiger partial charge on any atom is 0.279 e. The molecule has 1 aromatic carbocycles. The van der Waals surface area contributed by atoms with Gasteiger partial charge in [0.05, 0.1) is 7.05 Å². The van der Waals surface area contributed by atoms with Crippen LogP contribution in [0.5, 0.6) is 0 Å². The van der Waals surface area contributed by atoms with E-state index in [-0.39, 0.29) is 30.8 Å². The van der Waals surface area contributed by atoms with E-state index in [0.717, 1.165) is 21.7 Å². The fraction of sp³-hybridized carbons (Fsp3) is 0.526. The molecule has 1 aliphatic rings. The van der Waals surface area contributed by atoms with Crippen molar-refractivity contribution in [1.82, 2.24) is 9.80 Å². The number of benzene rings is 1. The van der Waals surface area contributed by atoms with Crippen LogP contribution in [0.15, 0.2) is 18.2 Å². The molecule has 1 atom stereocenters. The molecule has 0 saturated carbocycles. The minimum absolute atomic E-state index is 0.0191. The van der Waals surface area contributed by atoms with Gasteiger partial charge in [0.1, 0.15) is 0 Å². The van der Waals surface area contributed by atoms with Gasteiger partial charge in [-0.25, -0.2) is 0 Å². The fourth-order valence-corrected chi connectivity index (χ4v) is 3.17. The van der Waals surface area contributed by atoms with E-state index in [1.807, 2.05) is 39.1 Å². The summed E-state index contributed by atoms with van der Waals surface area (Å²) in [6, 6.07) is 5.88. The Labute approximate surface area is 154 Å². The van der Waals surface area contributed by atoms with Gasteiger partial charge in [-0.05, 0) is 25.0 Å². The lowest BCUT2D eigenvalue weighted by Gasteiger charge is -2.34. The highest BCUT2D eigenvalue weighted by Crippen LogP contribution is 2.18. The van der Waals surface area contributed by atoms with Gasteiger partial charge in [-0.2, -0.15) is 0 Å². The highest BCUT2D eigenvalue weighted by atomic mass is 16.2. The number of para-hydroxylation sites is 1. The first-order valence-corrected chi connectivity index (χ1v) is 8.98. The summed E-state index contributed by atoms with van der Waals surface area (Å²) in [6.45, 7) is 8.23. The molecule has 2 N–H and O–H groups in total. The molecule has 1 saturated heterocycles. The van der Waals surface area contributed by atoms with E-state index in [1.165, 1.54) is 0 Å². The summed E-state index contributed by atoms with van der Waals surface area (Å²) in [4.78, 5) is 40.4. The number of nitrogens with one attached hydrogen (secondary N) is 2. The van der Waals surface area contributed by atoms with Crippen LogP contribution in [0, 0.1) is 13.8 Å². The Hall–Kier alpha value is -2.41. The predicted molar refractivity (Wildman–Crippen MR) is 100 cm³/mol. The van der Waals surface area contributed by atoms with Crippen molar-refractivity contribution in [1.29, 1.82) is 0 Å². The van der Waals surface area contributed by atoms with Gasteiger partial charge in [-0.1, -0.05) is 18.2 Å². The second-order valence-corrected chi connectivity index (χ2v) is 7.01. The second kappa shape index (κ2) is 8.80. The van der Waals surface area contributed by atoms with Crippen LogP contribution in [0.25, 0.3) is 0 Å². The van der Waals surface area contributed by atoms with Gasteiger partial charge < -0.3 is 20.0 Å². The summed E-state index contributed by atoms with van der Waals surface area (Å²) >= 11 is 0. The number of aryl methyl sites for hydroxylation is 2. The molecular weight excluding hydrogens is 332 g/mol. The summed E-state index contributed by atoms with van der Waals surface area (Å²) in [6.07, 6.45) is 0. The van der Waals surface area contributed by atoms with Crippen molar-refractivity contribution in [3.63, 3.8) is 0 Å². The normalized spacial score (nSPS) is 15.5. The van der Waals surface area contributed by atoms with Crippen molar-refractivity contribution in [2.75, 3.05) is 51.6 Å². The number of hydrogen-bond donors (Lipinski definition) is 2. The number of hydrogen-bond acceptors (Lipinski definition) is 3. The molecule has 26 heavy (non-hydrogen) atoms. The minimum atomic E-state index is -0.103. The number of quaternary nitrogens is 1. The number of rotatable bonds is 5. The lowest BCUT2D eigenvalue weighted by Crippen LogP contribution is -3.11. The van der Waals surface area contributed by atoms with Crippen molar-refractivity contribution in [3.8, 4) is 0 Å². The van der Waals surface area contributed by atoms with Crippen LogP contribution in [-0.4, -0.2) is 73.8 Å². The van der Waals surface area contributed by atoms with Crippen LogP contribution in [0.3, 0.4) is 0 Å². The summed E-state index contributed by atoms with van der Waals surface area (Å²) < 4.78 is 0. The number of likely N-dealkylation sites (N-methyl/N-ethyl adjacent to an activating group) is 1. The fourth-order valence-electron chi connectivity index (χ4n) is 3.17. The molecule has 0 radical (unpaired) electrons. The molecular formula is C19H29N4O3+. The SMILES string of the molecule is CC(=O)N1CCN(C(=O)C[NH+](C)CC(=O)Nc2c(C)cccc2C)CC1. The van der Waals surface area contributed by atoms with Gasteiger partial charge in [-0.15, -0.1) is 0 Å². The monoisotopic (exact) mass is 361 g/mol. The molecule has 0 aromatic heterocycles. The van der Waals surface area contributed by atoms with Gasteiger partial charge in [0.15, 0.2) is 13.1 Å². The number of amides is 3. The van der Waals surface area contributed by atoms with E-state index < -0.39 is 0 Å². The number of nitrogens with zero attached hydrogens (tertiary/aromatic N) is 2. The quantitative estimate of drug-likeness (QED) is 0.739. The topological polar surface area (TPSA) is 74.2 Å². The first-order valence-electron chi connectivity index (χ1n) is 8.98. The molecule has 1 heterocycles. The zero-order chi connectivity index (χ0) is 19.3. The third-order valence-corrected chi connectivity index (χ3v) is 4.74. The molecule has 1 fully saturated rings. The van der Waals surface area contributed by atoms with Gasteiger partial charge in [0, 0.05) is 38.8 Å². The molecule has 0 aliphatic carbocycles. The number of anilines is 1. The second-order valence-electron chi connectivity index (χ2n) is 7.01. The Bertz CT molecular complexity index is 661. The van der Waals surface area contributed by atoms with Crippen molar-refractivity contribution in [3.05, 3.63) is 29.3 Å². The zero-order valence-corrected chi connectivity index (χ0v) is 16.1. The van der Waals surface area contributed by atoms with Crippen molar-refractivity contribution < 1.29 is 19.3 Å². The van der Waals surface area contributed by atoms with Crippen LogP contribution in [0.1, 0.15) is 18.1 Å². The van der Waals surface area contributed by atoms with E-state index in [2.05, 4.69) is 5.32 Å². The zero-order valence-electron chi connectivity index (χ0n) is 16.1. The van der Waals surface area contributed by atoms with Gasteiger partial charge in [0.25, 0.3) is 11.8 Å². The molecule has 7 nitrogen and oxygen atoms in total. The molecule has 2 rings (SSSR count). The summed E-state index contributed by atoms with van der Waals surface area (Å²) in [5.74, 6) is -0.0392. The molecule has 0 bridgehead atoms. The summed E-state index contributed by atoms with van der Waals surface area (Å²) in [5, 5.41) is 2.95. The number of piperazine rings is 1. The molecule has 7 heteroatoms. The van der Waals surface area contributed by atoms with Crippen molar-refractivity contribution in [2.45, 2.75) is 20.8 Å². The highest BCUT2D eigenvalue weighted by molar-refractivity contribution is 5.93. The summed E-state index contributed by atoms with van der Waals surface area (Å²) in [5.41, 5.74) is 2.89. The molecule has 1 unspecified atom stereocenters. The van der Waals surface area contributed by atoms with E-state index in [9.17, 15) is 14.4 Å². The maximum atomic E-state index is 12.4. The Morgan fingerprint density at radius 2 is 1.54 bits per heavy atom. The van der Waals surface area contributed by atoms with Crippen molar-refractivity contribution >= 4 is 23.4 Å². The van der Waals surface area contributed by atoms with Gasteiger partial charge >= 0.3 is 0 Å². The molecule has 3 amide bonds. The highest BCUT2D eigenvalue weighted by Gasteiger charge is 2.25. The standard InChI is InChI=1S/C19H28N4O3/c1-14-6-5-7-15(2)19(14)20-17(25)12-21(4)13-18(26)23-10-8-22(9-11-23)16(3)24/h5-7H,8-13H2,1-4H3,(H,20,25)/p+1. The number of carbonyl (C=O) groups is 3. The Morgan fingerprint density at radius 1 is 1.00 bits per heavy atom. The third kappa shape index (κ3) is 5.29. The predicted octanol–water partition coefficient (Wildman–Crippen LogP) is -0.553. The van der Waals surface area contributed by atoms with E-state index in [1.54, 1.807) is 16.7 Å². The van der Waals surface area contributed by atoms with Gasteiger partial charge in [0.2, 0.25) is 5.91 Å². The lowest BCUT2D eigenvalue weighted by atomic mass is 10.1. The smallest absolute Gasteiger partial charge is 0.279 e. The van der Waals surface area contributed by atoms with E-state index in [4.69, 9.17) is 0 Å². The first kappa shape index (κ1) is 19.9. The van der Waals surface area contributed by atoms with Gasteiger partial charge in [-0.3, -0.25) is 14.4 Å². The maximum absolute atomic E-state index is 12.4.